The van der Waals surface area contributed by atoms with E-state index >= 15 is 0 Å². The fraction of sp³-hybridized carbons (Fsp3) is 0.176. The van der Waals surface area contributed by atoms with Gasteiger partial charge in [0.25, 0.3) is 0 Å². The van der Waals surface area contributed by atoms with Crippen LogP contribution in [0.15, 0.2) is 47.8 Å². The Kier molecular flexibility index (Phi) is 4.93. The number of thiophene rings is 1. The number of rotatable bonds is 6. The van der Waals surface area contributed by atoms with Crippen LogP contribution >= 0.6 is 11.3 Å². The molecule has 0 saturated carbocycles. The highest BCUT2D eigenvalue weighted by Gasteiger charge is 2.13. The predicted molar refractivity (Wildman–Crippen MR) is 93.1 cm³/mol. The van der Waals surface area contributed by atoms with Crippen LogP contribution in [0.5, 0.6) is 5.75 Å². The number of nitrogens with zero attached hydrogens (tertiary/aromatic N) is 2. The molecule has 2 aromatic heterocycles. The predicted octanol–water partition coefficient (Wildman–Crippen LogP) is 2.49. The third-order valence-corrected chi connectivity index (χ3v) is 4.30. The van der Waals surface area contributed by atoms with E-state index in [1.54, 1.807) is 46.4 Å². The lowest BCUT2D eigenvalue weighted by molar-refractivity contribution is -0.115. The minimum absolute atomic E-state index is 0.0685. The molecule has 3 aromatic rings. The molecule has 0 fully saturated rings. The van der Waals surface area contributed by atoms with Crippen LogP contribution in [-0.4, -0.2) is 32.5 Å². The maximum Gasteiger partial charge on any atom is 0.229 e. The van der Waals surface area contributed by atoms with E-state index in [-0.39, 0.29) is 24.7 Å². The normalized spacial score (nSPS) is 10.7. The summed E-state index contributed by atoms with van der Waals surface area (Å²) in [5.74, 6) is 0.459. The van der Waals surface area contributed by atoms with Gasteiger partial charge >= 0.3 is 0 Å². The van der Waals surface area contributed by atoms with Crippen LogP contribution in [0.25, 0.3) is 10.6 Å². The number of hydrogen-bond donors (Lipinski definition) is 3. The van der Waals surface area contributed by atoms with Gasteiger partial charge in [0, 0.05) is 6.07 Å². The van der Waals surface area contributed by atoms with Gasteiger partial charge in [-0.25, -0.2) is 4.68 Å². The van der Waals surface area contributed by atoms with Crippen LogP contribution in [0.1, 0.15) is 5.56 Å². The van der Waals surface area contributed by atoms with E-state index in [4.69, 9.17) is 0 Å². The summed E-state index contributed by atoms with van der Waals surface area (Å²) in [6, 6.07) is 12.3. The quantitative estimate of drug-likeness (QED) is 0.642. The topological polar surface area (TPSA) is 87.4 Å². The fourth-order valence-electron chi connectivity index (χ4n) is 2.37. The number of aliphatic hydroxyl groups is 1. The molecule has 0 radical (unpaired) electrons. The summed E-state index contributed by atoms with van der Waals surface area (Å²) in [6.45, 7) is 0.230. The summed E-state index contributed by atoms with van der Waals surface area (Å²) in [5.41, 5.74) is 1.48. The summed E-state index contributed by atoms with van der Waals surface area (Å²) in [7, 11) is 0. The van der Waals surface area contributed by atoms with Gasteiger partial charge in [0.05, 0.1) is 24.4 Å². The highest BCUT2D eigenvalue weighted by molar-refractivity contribution is 7.13. The Balaban J connectivity index is 1.76. The van der Waals surface area contributed by atoms with Crippen LogP contribution in [0.3, 0.4) is 0 Å². The molecule has 0 aliphatic carbocycles. The smallest absolute Gasteiger partial charge is 0.229 e. The Morgan fingerprint density at radius 3 is 2.83 bits per heavy atom. The average Bonchev–Trinajstić information content (AvgIpc) is 3.18. The van der Waals surface area contributed by atoms with E-state index in [0.717, 1.165) is 16.1 Å². The molecule has 0 unspecified atom stereocenters. The number of anilines is 1. The highest BCUT2D eigenvalue weighted by Crippen LogP contribution is 2.26. The van der Waals surface area contributed by atoms with Gasteiger partial charge in [-0.1, -0.05) is 18.2 Å². The van der Waals surface area contributed by atoms with E-state index in [2.05, 4.69) is 10.4 Å². The fourth-order valence-corrected chi connectivity index (χ4v) is 3.05. The number of aliphatic hydroxyl groups excluding tert-OH is 1. The van der Waals surface area contributed by atoms with Gasteiger partial charge in [0.1, 0.15) is 17.3 Å². The first-order chi connectivity index (χ1) is 11.7. The van der Waals surface area contributed by atoms with Crippen LogP contribution in [0, 0.1) is 0 Å². The van der Waals surface area contributed by atoms with Crippen LogP contribution in [0.4, 0.5) is 5.82 Å². The molecular formula is C17H17N3O3S. The number of hydrogen-bond acceptors (Lipinski definition) is 5. The van der Waals surface area contributed by atoms with Gasteiger partial charge < -0.3 is 15.5 Å². The molecule has 0 saturated heterocycles. The molecule has 0 atom stereocenters. The molecule has 0 aliphatic rings. The van der Waals surface area contributed by atoms with Gasteiger partial charge in [-0.3, -0.25) is 4.79 Å². The first-order valence-electron chi connectivity index (χ1n) is 7.46. The SMILES string of the molecule is O=C(Cc1cccc(O)c1)Nc1cc(-c2cccs2)nn1CCO. The van der Waals surface area contributed by atoms with Crippen molar-refractivity contribution in [2.24, 2.45) is 0 Å². The van der Waals surface area contributed by atoms with Gasteiger partial charge in [0.2, 0.25) is 5.91 Å². The molecule has 0 bridgehead atoms. The van der Waals surface area contributed by atoms with Gasteiger partial charge in [-0.15, -0.1) is 11.3 Å². The Hall–Kier alpha value is -2.64. The Labute approximate surface area is 143 Å². The summed E-state index contributed by atoms with van der Waals surface area (Å²) in [4.78, 5) is 13.2. The number of phenolic OH excluding ortho intramolecular Hbond substituents is 1. The van der Waals surface area contributed by atoms with Gasteiger partial charge in [-0.2, -0.15) is 5.10 Å². The van der Waals surface area contributed by atoms with E-state index in [1.807, 2.05) is 17.5 Å². The Morgan fingerprint density at radius 2 is 2.12 bits per heavy atom. The van der Waals surface area contributed by atoms with E-state index < -0.39 is 0 Å². The zero-order valence-corrected chi connectivity index (χ0v) is 13.7. The second-order valence-corrected chi connectivity index (χ2v) is 6.18. The molecule has 3 rings (SSSR count). The number of aromatic nitrogens is 2. The van der Waals surface area contributed by atoms with Crippen molar-refractivity contribution >= 4 is 23.1 Å². The maximum atomic E-state index is 12.3. The van der Waals surface area contributed by atoms with Crippen molar-refractivity contribution in [1.29, 1.82) is 0 Å². The summed E-state index contributed by atoms with van der Waals surface area (Å²) in [5, 5.41) is 27.9. The van der Waals surface area contributed by atoms with E-state index in [0.29, 0.717) is 12.4 Å². The first-order valence-corrected chi connectivity index (χ1v) is 8.34. The molecule has 3 N–H and O–H groups in total. The minimum Gasteiger partial charge on any atom is -0.508 e. The van der Waals surface area contributed by atoms with Crippen molar-refractivity contribution in [2.75, 3.05) is 11.9 Å². The van der Waals surface area contributed by atoms with Crippen molar-refractivity contribution in [3.63, 3.8) is 0 Å². The van der Waals surface area contributed by atoms with E-state index in [9.17, 15) is 15.0 Å². The highest BCUT2D eigenvalue weighted by atomic mass is 32.1. The monoisotopic (exact) mass is 343 g/mol. The van der Waals surface area contributed by atoms with Crippen molar-refractivity contribution in [3.05, 3.63) is 53.4 Å². The maximum absolute atomic E-state index is 12.3. The molecule has 6 nitrogen and oxygen atoms in total. The summed E-state index contributed by atoms with van der Waals surface area (Å²) < 4.78 is 1.58. The number of benzene rings is 1. The molecular weight excluding hydrogens is 326 g/mol. The van der Waals surface area contributed by atoms with Gasteiger partial charge in [-0.05, 0) is 29.1 Å². The molecule has 1 amide bonds. The second kappa shape index (κ2) is 7.29. The summed E-state index contributed by atoms with van der Waals surface area (Å²) in [6.07, 6.45) is 0.146. The minimum atomic E-state index is -0.211. The zero-order valence-electron chi connectivity index (χ0n) is 12.8. The standard InChI is InChI=1S/C17H17N3O3S/c21-7-6-20-16(11-14(19-20)15-5-2-8-24-15)18-17(23)10-12-3-1-4-13(22)9-12/h1-5,8-9,11,21-22H,6-7,10H2,(H,18,23). The molecule has 1 aromatic carbocycles. The number of phenols is 1. The first kappa shape index (κ1) is 16.2. The van der Waals surface area contributed by atoms with Crippen molar-refractivity contribution in [2.45, 2.75) is 13.0 Å². The number of aromatic hydroxyl groups is 1. The third-order valence-electron chi connectivity index (χ3n) is 3.41. The van der Waals surface area contributed by atoms with Crippen molar-refractivity contribution < 1.29 is 15.0 Å². The zero-order chi connectivity index (χ0) is 16.9. The second-order valence-electron chi connectivity index (χ2n) is 5.23. The van der Waals surface area contributed by atoms with Crippen LogP contribution in [0.2, 0.25) is 0 Å². The largest absolute Gasteiger partial charge is 0.508 e. The Bertz CT molecular complexity index is 827. The van der Waals surface area contributed by atoms with Crippen molar-refractivity contribution in [3.8, 4) is 16.3 Å². The van der Waals surface area contributed by atoms with Crippen molar-refractivity contribution in [1.82, 2.24) is 9.78 Å². The lowest BCUT2D eigenvalue weighted by Crippen LogP contribution is -2.18. The van der Waals surface area contributed by atoms with E-state index in [1.165, 1.54) is 0 Å². The molecule has 0 spiro atoms. The van der Waals surface area contributed by atoms with Crippen LogP contribution < -0.4 is 5.32 Å². The molecule has 24 heavy (non-hydrogen) atoms. The molecule has 7 heteroatoms. The number of carbonyl (C=O) groups excluding carboxylic acids is 1. The Morgan fingerprint density at radius 1 is 1.25 bits per heavy atom. The summed E-state index contributed by atoms with van der Waals surface area (Å²) >= 11 is 1.56. The van der Waals surface area contributed by atoms with Gasteiger partial charge in [0.15, 0.2) is 0 Å². The number of nitrogens with one attached hydrogen (secondary N) is 1. The number of carbonyl (C=O) groups is 1. The number of amides is 1. The molecule has 124 valence electrons. The molecule has 2 heterocycles. The average molecular weight is 343 g/mol. The lowest BCUT2D eigenvalue weighted by atomic mass is 10.1. The lowest BCUT2D eigenvalue weighted by Gasteiger charge is -2.07. The molecule has 0 aliphatic heterocycles. The third kappa shape index (κ3) is 3.81. The van der Waals surface area contributed by atoms with Crippen LogP contribution in [-0.2, 0) is 17.8 Å².